The number of benzene rings is 1. The largest absolute Gasteiger partial charge is 0.493 e. The molecule has 1 heterocycles. The normalized spacial score (nSPS) is 10.0. The predicted molar refractivity (Wildman–Crippen MR) is 69.6 cm³/mol. The van der Waals surface area contributed by atoms with E-state index in [-0.39, 0.29) is 12.2 Å². The highest BCUT2D eigenvalue weighted by atomic mass is 16.5. The van der Waals surface area contributed by atoms with E-state index in [0.29, 0.717) is 17.2 Å². The van der Waals surface area contributed by atoms with E-state index in [9.17, 15) is 4.79 Å². The van der Waals surface area contributed by atoms with Crippen LogP contribution in [0.4, 0.5) is 0 Å². The fourth-order valence-corrected chi connectivity index (χ4v) is 1.71. The lowest BCUT2D eigenvalue weighted by molar-refractivity contribution is 0.0988. The summed E-state index contributed by atoms with van der Waals surface area (Å²) in [6.45, 7) is 0. The average Bonchev–Trinajstić information content (AvgIpc) is 2.48. The molecule has 0 amide bonds. The molecule has 0 aliphatic rings. The lowest BCUT2D eigenvalue weighted by Gasteiger charge is -2.09. The van der Waals surface area contributed by atoms with Crippen molar-refractivity contribution in [2.24, 2.45) is 0 Å². The average molecular weight is 258 g/mol. The van der Waals surface area contributed by atoms with Gasteiger partial charge in [-0.3, -0.25) is 9.78 Å². The van der Waals surface area contributed by atoms with Gasteiger partial charge in [-0.05, 0) is 17.7 Å². The summed E-state index contributed by atoms with van der Waals surface area (Å²) >= 11 is 0. The maximum atomic E-state index is 12.0. The van der Waals surface area contributed by atoms with E-state index in [0.717, 1.165) is 5.56 Å². The third-order valence-corrected chi connectivity index (χ3v) is 2.66. The first kappa shape index (κ1) is 13.0. The minimum Gasteiger partial charge on any atom is -0.493 e. The Balaban J connectivity index is 2.18. The van der Waals surface area contributed by atoms with Crippen LogP contribution in [0.5, 0.6) is 11.5 Å². The van der Waals surface area contributed by atoms with Crippen molar-refractivity contribution < 1.29 is 14.3 Å². The topological polar surface area (TPSA) is 61.3 Å². The number of carbonyl (C=O) groups excluding carboxylic acids is 1. The highest BCUT2D eigenvalue weighted by Gasteiger charge is 2.11. The Morgan fingerprint density at radius 2 is 1.95 bits per heavy atom. The summed E-state index contributed by atoms with van der Waals surface area (Å²) in [7, 11) is 3.13. The zero-order valence-corrected chi connectivity index (χ0v) is 10.8. The Bertz CT molecular complexity index is 570. The number of hydrogen-bond donors (Lipinski definition) is 0. The second-order valence-corrected chi connectivity index (χ2v) is 3.88. The van der Waals surface area contributed by atoms with Gasteiger partial charge in [-0.2, -0.15) is 0 Å². The van der Waals surface area contributed by atoms with Crippen LogP contribution in [0.2, 0.25) is 0 Å². The van der Waals surface area contributed by atoms with E-state index in [4.69, 9.17) is 9.47 Å². The van der Waals surface area contributed by atoms with E-state index in [1.54, 1.807) is 26.4 Å². The van der Waals surface area contributed by atoms with Gasteiger partial charge in [0.2, 0.25) is 0 Å². The molecule has 5 heteroatoms. The maximum Gasteiger partial charge on any atom is 0.187 e. The van der Waals surface area contributed by atoms with Crippen LogP contribution >= 0.6 is 0 Å². The monoisotopic (exact) mass is 258 g/mol. The highest BCUT2D eigenvalue weighted by molar-refractivity contribution is 5.95. The van der Waals surface area contributed by atoms with Gasteiger partial charge in [0.05, 0.1) is 20.4 Å². The summed E-state index contributed by atoms with van der Waals surface area (Å²) in [5.74, 6) is 1.16. The van der Waals surface area contributed by atoms with Crippen molar-refractivity contribution >= 4 is 5.78 Å². The van der Waals surface area contributed by atoms with Gasteiger partial charge in [-0.25, -0.2) is 4.98 Å². The van der Waals surface area contributed by atoms with Crippen LogP contribution < -0.4 is 9.47 Å². The van der Waals surface area contributed by atoms with Crippen LogP contribution in [0, 0.1) is 0 Å². The minimum atomic E-state index is -0.0830. The van der Waals surface area contributed by atoms with Crippen LogP contribution in [-0.4, -0.2) is 30.0 Å². The van der Waals surface area contributed by atoms with Gasteiger partial charge in [-0.15, -0.1) is 0 Å². The molecule has 2 rings (SSSR count). The van der Waals surface area contributed by atoms with Gasteiger partial charge >= 0.3 is 0 Å². The van der Waals surface area contributed by atoms with Crippen LogP contribution in [-0.2, 0) is 6.42 Å². The molecule has 0 N–H and O–H groups in total. The van der Waals surface area contributed by atoms with Crippen molar-refractivity contribution in [1.29, 1.82) is 0 Å². The summed E-state index contributed by atoms with van der Waals surface area (Å²) in [5.41, 5.74) is 1.20. The molecule has 0 bridgehead atoms. The van der Waals surface area contributed by atoms with Gasteiger partial charge < -0.3 is 9.47 Å². The molecule has 0 saturated heterocycles. The molecule has 0 radical (unpaired) electrons. The number of hydrogen-bond acceptors (Lipinski definition) is 5. The molecule has 19 heavy (non-hydrogen) atoms. The van der Waals surface area contributed by atoms with Crippen LogP contribution in [0.15, 0.2) is 36.8 Å². The molecule has 2 aromatic rings. The first-order valence-electron chi connectivity index (χ1n) is 5.74. The lowest BCUT2D eigenvalue weighted by atomic mass is 10.1. The summed E-state index contributed by atoms with van der Waals surface area (Å²) in [6.07, 6.45) is 4.75. The van der Waals surface area contributed by atoms with Gasteiger partial charge in [0, 0.05) is 18.8 Å². The molecule has 0 aliphatic heterocycles. The fourth-order valence-electron chi connectivity index (χ4n) is 1.71. The number of carbonyl (C=O) groups is 1. The van der Waals surface area contributed by atoms with E-state index < -0.39 is 0 Å². The third kappa shape index (κ3) is 3.07. The van der Waals surface area contributed by atoms with E-state index in [2.05, 4.69) is 9.97 Å². The van der Waals surface area contributed by atoms with Gasteiger partial charge in [0.1, 0.15) is 5.69 Å². The second-order valence-electron chi connectivity index (χ2n) is 3.88. The minimum absolute atomic E-state index is 0.0830. The molecule has 0 atom stereocenters. The molecule has 1 aromatic carbocycles. The van der Waals surface area contributed by atoms with Crippen molar-refractivity contribution in [3.63, 3.8) is 0 Å². The van der Waals surface area contributed by atoms with E-state index in [1.807, 2.05) is 6.07 Å². The molecule has 98 valence electrons. The van der Waals surface area contributed by atoms with Crippen LogP contribution in [0.3, 0.4) is 0 Å². The van der Waals surface area contributed by atoms with Crippen LogP contribution in [0.1, 0.15) is 16.1 Å². The SMILES string of the molecule is COc1ccc(CC(=O)c2cnccn2)cc1OC. The number of ketones is 1. The maximum absolute atomic E-state index is 12.0. The standard InChI is InChI=1S/C14H14N2O3/c1-18-13-4-3-10(8-14(13)19-2)7-12(17)11-9-15-5-6-16-11/h3-6,8-9H,7H2,1-2H3. The zero-order valence-electron chi connectivity index (χ0n) is 10.8. The first-order chi connectivity index (χ1) is 9.24. The molecule has 0 aliphatic carbocycles. The Kier molecular flexibility index (Phi) is 4.07. The number of rotatable bonds is 5. The summed E-state index contributed by atoms with van der Waals surface area (Å²) in [4.78, 5) is 19.9. The summed E-state index contributed by atoms with van der Waals surface area (Å²) in [6, 6.07) is 5.39. The number of nitrogens with zero attached hydrogens (tertiary/aromatic N) is 2. The first-order valence-corrected chi connectivity index (χ1v) is 5.74. The smallest absolute Gasteiger partial charge is 0.187 e. The van der Waals surface area contributed by atoms with Crippen LogP contribution in [0.25, 0.3) is 0 Å². The Labute approximate surface area is 111 Å². The van der Waals surface area contributed by atoms with Gasteiger partial charge in [0.15, 0.2) is 17.3 Å². The Morgan fingerprint density at radius 1 is 1.16 bits per heavy atom. The van der Waals surface area contributed by atoms with Crippen molar-refractivity contribution in [3.8, 4) is 11.5 Å². The van der Waals surface area contributed by atoms with E-state index >= 15 is 0 Å². The van der Waals surface area contributed by atoms with Gasteiger partial charge in [-0.1, -0.05) is 6.07 Å². The molecule has 0 unspecified atom stereocenters. The molecular formula is C14H14N2O3. The van der Waals surface area contributed by atoms with Crippen molar-refractivity contribution in [3.05, 3.63) is 48.0 Å². The fraction of sp³-hybridized carbons (Fsp3) is 0.214. The lowest BCUT2D eigenvalue weighted by Crippen LogP contribution is -2.06. The van der Waals surface area contributed by atoms with Gasteiger partial charge in [0.25, 0.3) is 0 Å². The number of methoxy groups -OCH3 is 2. The molecule has 0 saturated carbocycles. The number of aromatic nitrogens is 2. The Morgan fingerprint density at radius 3 is 2.58 bits per heavy atom. The molecule has 1 aromatic heterocycles. The molecule has 5 nitrogen and oxygen atoms in total. The summed E-state index contributed by atoms with van der Waals surface area (Å²) in [5, 5.41) is 0. The Hall–Kier alpha value is -2.43. The van der Waals surface area contributed by atoms with E-state index in [1.165, 1.54) is 18.6 Å². The third-order valence-electron chi connectivity index (χ3n) is 2.66. The molecule has 0 spiro atoms. The predicted octanol–water partition coefficient (Wildman–Crippen LogP) is 1.92. The number of ether oxygens (including phenoxy) is 2. The van der Waals surface area contributed by atoms with Crippen molar-refractivity contribution in [2.45, 2.75) is 6.42 Å². The molecular weight excluding hydrogens is 244 g/mol. The molecule has 0 fully saturated rings. The quantitative estimate of drug-likeness (QED) is 0.767. The zero-order chi connectivity index (χ0) is 13.7. The summed E-state index contributed by atoms with van der Waals surface area (Å²) < 4.78 is 10.3. The highest BCUT2D eigenvalue weighted by Crippen LogP contribution is 2.27. The number of Topliss-reactive ketones (excluding diaryl/α,β-unsaturated/α-hetero) is 1. The van der Waals surface area contributed by atoms with Crippen molar-refractivity contribution in [1.82, 2.24) is 9.97 Å². The second kappa shape index (κ2) is 5.95. The van der Waals surface area contributed by atoms with Crippen molar-refractivity contribution in [2.75, 3.05) is 14.2 Å².